The molecule has 19 heavy (non-hydrogen) atoms. The standard InChI is InChI=1S/C17H29NO/c1-15-9-11-16(12-10-15)19-14-8-6-5-7-13-18-17(2,3)4/h9-12,18H,5-8,13-14H2,1-4H3. The Hall–Kier alpha value is -1.02. The normalized spacial score (nSPS) is 11.6. The number of hydrogen-bond acceptors (Lipinski definition) is 2. The van der Waals surface area contributed by atoms with E-state index in [4.69, 9.17) is 4.74 Å². The van der Waals surface area contributed by atoms with Gasteiger partial charge in [0, 0.05) is 5.54 Å². The van der Waals surface area contributed by atoms with E-state index in [1.165, 1.54) is 24.8 Å². The van der Waals surface area contributed by atoms with Crippen molar-refractivity contribution in [2.45, 2.75) is 58.9 Å². The predicted molar refractivity (Wildman–Crippen MR) is 82.9 cm³/mol. The molecule has 0 aliphatic carbocycles. The first kappa shape index (κ1) is 16.0. The molecule has 0 saturated heterocycles. The van der Waals surface area contributed by atoms with Gasteiger partial charge >= 0.3 is 0 Å². The van der Waals surface area contributed by atoms with Gasteiger partial charge in [-0.15, -0.1) is 0 Å². The van der Waals surface area contributed by atoms with E-state index in [0.717, 1.165) is 25.3 Å². The van der Waals surface area contributed by atoms with E-state index in [2.05, 4.69) is 45.1 Å². The zero-order chi connectivity index (χ0) is 14.1. The molecule has 0 unspecified atom stereocenters. The Labute approximate surface area is 118 Å². The van der Waals surface area contributed by atoms with E-state index in [-0.39, 0.29) is 5.54 Å². The summed E-state index contributed by atoms with van der Waals surface area (Å²) in [6, 6.07) is 8.27. The van der Waals surface area contributed by atoms with Gasteiger partial charge < -0.3 is 10.1 Å². The second-order valence-corrected chi connectivity index (χ2v) is 6.25. The average Bonchev–Trinajstić information content (AvgIpc) is 2.33. The Kier molecular flexibility index (Phi) is 6.93. The number of hydrogen-bond donors (Lipinski definition) is 1. The highest BCUT2D eigenvalue weighted by Crippen LogP contribution is 2.12. The molecule has 1 rings (SSSR count). The highest BCUT2D eigenvalue weighted by molar-refractivity contribution is 5.26. The van der Waals surface area contributed by atoms with Crippen LogP contribution in [0.5, 0.6) is 5.75 Å². The molecule has 0 aromatic heterocycles. The Morgan fingerprint density at radius 2 is 1.58 bits per heavy atom. The SMILES string of the molecule is Cc1ccc(OCCCCCCNC(C)(C)C)cc1. The Morgan fingerprint density at radius 3 is 2.21 bits per heavy atom. The first-order valence-electron chi connectivity index (χ1n) is 7.42. The summed E-state index contributed by atoms with van der Waals surface area (Å²) < 4.78 is 5.71. The lowest BCUT2D eigenvalue weighted by molar-refractivity contribution is 0.303. The van der Waals surface area contributed by atoms with Crippen LogP contribution in [0.4, 0.5) is 0 Å². The van der Waals surface area contributed by atoms with Crippen molar-refractivity contribution in [1.29, 1.82) is 0 Å². The minimum Gasteiger partial charge on any atom is -0.494 e. The van der Waals surface area contributed by atoms with Crippen molar-refractivity contribution in [1.82, 2.24) is 5.32 Å². The minimum atomic E-state index is 0.245. The van der Waals surface area contributed by atoms with Gasteiger partial charge in [0.15, 0.2) is 0 Å². The van der Waals surface area contributed by atoms with E-state index < -0.39 is 0 Å². The first-order valence-corrected chi connectivity index (χ1v) is 7.42. The van der Waals surface area contributed by atoms with Crippen LogP contribution in [0.1, 0.15) is 52.0 Å². The quantitative estimate of drug-likeness (QED) is 0.705. The summed E-state index contributed by atoms with van der Waals surface area (Å²) in [6.45, 7) is 10.7. The van der Waals surface area contributed by atoms with Crippen LogP contribution in [0.25, 0.3) is 0 Å². The second kappa shape index (κ2) is 8.21. The molecule has 0 heterocycles. The molecule has 0 atom stereocenters. The molecule has 1 aromatic rings. The molecule has 0 spiro atoms. The summed E-state index contributed by atoms with van der Waals surface area (Å²) in [5.41, 5.74) is 1.52. The molecule has 0 fully saturated rings. The van der Waals surface area contributed by atoms with Gasteiger partial charge in [0.25, 0.3) is 0 Å². The molecule has 108 valence electrons. The number of aryl methyl sites for hydroxylation is 1. The average molecular weight is 263 g/mol. The molecule has 0 bridgehead atoms. The van der Waals surface area contributed by atoms with Crippen molar-refractivity contribution in [2.75, 3.05) is 13.2 Å². The zero-order valence-electron chi connectivity index (χ0n) is 13.0. The summed E-state index contributed by atoms with van der Waals surface area (Å²) in [5, 5.41) is 3.51. The fourth-order valence-electron chi connectivity index (χ4n) is 1.87. The van der Waals surface area contributed by atoms with Crippen molar-refractivity contribution in [3.05, 3.63) is 29.8 Å². The highest BCUT2D eigenvalue weighted by Gasteiger charge is 2.06. The fraction of sp³-hybridized carbons (Fsp3) is 0.647. The lowest BCUT2D eigenvalue weighted by Crippen LogP contribution is -2.36. The third kappa shape index (κ3) is 8.66. The summed E-state index contributed by atoms with van der Waals surface area (Å²) in [6.07, 6.45) is 4.92. The smallest absolute Gasteiger partial charge is 0.119 e. The Morgan fingerprint density at radius 1 is 0.947 bits per heavy atom. The Bertz CT molecular complexity index is 337. The van der Waals surface area contributed by atoms with Crippen LogP contribution in [-0.4, -0.2) is 18.7 Å². The van der Waals surface area contributed by atoms with E-state index in [1.54, 1.807) is 0 Å². The van der Waals surface area contributed by atoms with Gasteiger partial charge in [-0.2, -0.15) is 0 Å². The van der Waals surface area contributed by atoms with Gasteiger partial charge in [0.05, 0.1) is 6.61 Å². The van der Waals surface area contributed by atoms with Gasteiger partial charge in [-0.1, -0.05) is 30.5 Å². The van der Waals surface area contributed by atoms with Gasteiger partial charge in [-0.25, -0.2) is 0 Å². The number of rotatable bonds is 8. The van der Waals surface area contributed by atoms with Crippen LogP contribution in [0.15, 0.2) is 24.3 Å². The molecule has 0 aliphatic heterocycles. The number of ether oxygens (including phenoxy) is 1. The summed E-state index contributed by atoms with van der Waals surface area (Å²) >= 11 is 0. The van der Waals surface area contributed by atoms with E-state index in [9.17, 15) is 0 Å². The van der Waals surface area contributed by atoms with Crippen molar-refractivity contribution >= 4 is 0 Å². The maximum absolute atomic E-state index is 5.71. The predicted octanol–water partition coefficient (Wildman–Crippen LogP) is 4.32. The van der Waals surface area contributed by atoms with Gasteiger partial charge in [0.2, 0.25) is 0 Å². The number of benzene rings is 1. The number of unbranched alkanes of at least 4 members (excludes halogenated alkanes) is 3. The topological polar surface area (TPSA) is 21.3 Å². The van der Waals surface area contributed by atoms with Gasteiger partial charge in [-0.3, -0.25) is 0 Å². The van der Waals surface area contributed by atoms with Crippen molar-refractivity contribution in [2.24, 2.45) is 0 Å². The molecular weight excluding hydrogens is 234 g/mol. The second-order valence-electron chi connectivity index (χ2n) is 6.25. The lowest BCUT2D eigenvalue weighted by atomic mass is 10.1. The third-order valence-corrected chi connectivity index (χ3v) is 3.02. The first-order chi connectivity index (χ1) is 8.97. The van der Waals surface area contributed by atoms with Crippen LogP contribution in [0.2, 0.25) is 0 Å². The molecular formula is C17H29NO. The molecule has 2 nitrogen and oxygen atoms in total. The van der Waals surface area contributed by atoms with Crippen LogP contribution >= 0.6 is 0 Å². The number of nitrogens with one attached hydrogen (secondary N) is 1. The van der Waals surface area contributed by atoms with E-state index >= 15 is 0 Å². The van der Waals surface area contributed by atoms with Crippen molar-refractivity contribution < 1.29 is 4.74 Å². The molecule has 1 N–H and O–H groups in total. The molecule has 2 heteroatoms. The van der Waals surface area contributed by atoms with Crippen LogP contribution in [0.3, 0.4) is 0 Å². The molecule has 0 saturated carbocycles. The van der Waals surface area contributed by atoms with Crippen molar-refractivity contribution in [3.63, 3.8) is 0 Å². The highest BCUT2D eigenvalue weighted by atomic mass is 16.5. The Balaban J connectivity index is 1.95. The summed E-state index contributed by atoms with van der Waals surface area (Å²) in [4.78, 5) is 0. The fourth-order valence-corrected chi connectivity index (χ4v) is 1.87. The zero-order valence-corrected chi connectivity index (χ0v) is 13.0. The maximum Gasteiger partial charge on any atom is 0.119 e. The summed E-state index contributed by atoms with van der Waals surface area (Å²) in [7, 11) is 0. The summed E-state index contributed by atoms with van der Waals surface area (Å²) in [5.74, 6) is 0.986. The van der Waals surface area contributed by atoms with Gasteiger partial charge in [0.1, 0.15) is 5.75 Å². The molecule has 0 radical (unpaired) electrons. The van der Waals surface area contributed by atoms with Crippen molar-refractivity contribution in [3.8, 4) is 5.75 Å². The minimum absolute atomic E-state index is 0.245. The third-order valence-electron chi connectivity index (χ3n) is 3.02. The maximum atomic E-state index is 5.71. The molecule has 0 aliphatic rings. The lowest BCUT2D eigenvalue weighted by Gasteiger charge is -2.20. The van der Waals surface area contributed by atoms with Gasteiger partial charge in [-0.05, 0) is 59.2 Å². The van der Waals surface area contributed by atoms with Crippen LogP contribution < -0.4 is 10.1 Å². The van der Waals surface area contributed by atoms with Crippen LogP contribution in [0, 0.1) is 6.92 Å². The largest absolute Gasteiger partial charge is 0.494 e. The van der Waals surface area contributed by atoms with E-state index in [0.29, 0.717) is 0 Å². The molecule has 0 amide bonds. The monoisotopic (exact) mass is 263 g/mol. The van der Waals surface area contributed by atoms with E-state index in [1.807, 2.05) is 12.1 Å². The van der Waals surface area contributed by atoms with Crippen LogP contribution in [-0.2, 0) is 0 Å². The molecule has 1 aromatic carbocycles.